The van der Waals surface area contributed by atoms with Crippen LogP contribution >= 0.6 is 0 Å². The number of carbonyl (C=O) groups is 3. The highest BCUT2D eigenvalue weighted by atomic mass is 16.5. The highest BCUT2D eigenvalue weighted by Crippen LogP contribution is 2.37. The number of aryl methyl sites for hydroxylation is 2. The summed E-state index contributed by atoms with van der Waals surface area (Å²) in [4.78, 5) is 41.9. The van der Waals surface area contributed by atoms with Gasteiger partial charge in [-0.15, -0.1) is 6.58 Å². The molecule has 3 aliphatic heterocycles. The third-order valence-corrected chi connectivity index (χ3v) is 6.23. The van der Waals surface area contributed by atoms with E-state index in [0.29, 0.717) is 17.8 Å². The first-order chi connectivity index (χ1) is 15.4. The zero-order valence-electron chi connectivity index (χ0n) is 18.6. The maximum Gasteiger partial charge on any atom is 0.322 e. The number of urea groups is 1. The van der Waals surface area contributed by atoms with Gasteiger partial charge in [-0.1, -0.05) is 29.8 Å². The van der Waals surface area contributed by atoms with Gasteiger partial charge in [-0.3, -0.25) is 14.5 Å². The molecule has 8 heteroatoms. The first-order valence-electron chi connectivity index (χ1n) is 11.1. The Balaban J connectivity index is 1.56. The Labute approximate surface area is 188 Å². The van der Waals surface area contributed by atoms with Crippen LogP contribution in [0.3, 0.4) is 0 Å². The van der Waals surface area contributed by atoms with Crippen molar-refractivity contribution in [2.75, 3.05) is 32.8 Å². The molecule has 1 saturated heterocycles. The number of nitrogens with zero attached hydrogens (tertiary/aromatic N) is 2. The monoisotopic (exact) mass is 438 g/mol. The van der Waals surface area contributed by atoms with E-state index < -0.39 is 6.04 Å². The van der Waals surface area contributed by atoms with E-state index in [4.69, 9.17) is 4.74 Å². The van der Waals surface area contributed by atoms with E-state index in [2.05, 4.69) is 17.2 Å². The fourth-order valence-electron chi connectivity index (χ4n) is 4.64. The highest BCUT2D eigenvalue weighted by Gasteiger charge is 2.44. The Hall–Kier alpha value is -3.13. The van der Waals surface area contributed by atoms with E-state index >= 15 is 0 Å². The molecule has 1 aromatic rings. The molecular formula is C24H30N4O4. The van der Waals surface area contributed by atoms with Crippen molar-refractivity contribution in [2.45, 2.75) is 38.8 Å². The molecule has 3 heterocycles. The maximum atomic E-state index is 13.4. The predicted octanol–water partition coefficient (Wildman–Crippen LogP) is 1.95. The number of hydrogen-bond acceptors (Lipinski definition) is 4. The lowest BCUT2D eigenvalue weighted by atomic mass is 9.91. The molecule has 2 unspecified atom stereocenters. The van der Waals surface area contributed by atoms with E-state index in [9.17, 15) is 14.4 Å². The summed E-state index contributed by atoms with van der Waals surface area (Å²) in [5.41, 5.74) is 4.15. The van der Waals surface area contributed by atoms with Crippen LogP contribution in [-0.2, 0) is 14.3 Å². The van der Waals surface area contributed by atoms with Gasteiger partial charge in [0.15, 0.2) is 0 Å². The highest BCUT2D eigenvalue weighted by molar-refractivity contribution is 6.03. The lowest BCUT2D eigenvalue weighted by molar-refractivity contribution is -0.132. The molecule has 0 saturated carbocycles. The molecule has 170 valence electrons. The molecule has 4 amide bonds. The Kier molecular flexibility index (Phi) is 6.32. The van der Waals surface area contributed by atoms with E-state index in [0.717, 1.165) is 36.1 Å². The zero-order valence-corrected chi connectivity index (χ0v) is 18.6. The summed E-state index contributed by atoms with van der Waals surface area (Å²) in [5, 5.41) is 5.85. The molecule has 2 N–H and O–H groups in total. The van der Waals surface area contributed by atoms with Crippen molar-refractivity contribution in [3.8, 4) is 0 Å². The van der Waals surface area contributed by atoms with Crippen LogP contribution in [0.25, 0.3) is 0 Å². The third-order valence-electron chi connectivity index (χ3n) is 6.23. The van der Waals surface area contributed by atoms with E-state index in [1.54, 1.807) is 6.08 Å². The minimum Gasteiger partial charge on any atom is -0.376 e. The fraction of sp³-hybridized carbons (Fsp3) is 0.458. The summed E-state index contributed by atoms with van der Waals surface area (Å²) < 4.78 is 5.54. The molecule has 32 heavy (non-hydrogen) atoms. The second-order valence-corrected chi connectivity index (χ2v) is 8.60. The minimum atomic E-state index is -0.549. The number of carbonyl (C=O) groups excluding carboxylic acids is 3. The van der Waals surface area contributed by atoms with Crippen molar-refractivity contribution < 1.29 is 19.1 Å². The lowest BCUT2D eigenvalue weighted by Crippen LogP contribution is -2.47. The van der Waals surface area contributed by atoms with Gasteiger partial charge in [0.25, 0.3) is 5.91 Å². The Morgan fingerprint density at radius 3 is 2.84 bits per heavy atom. The molecule has 0 aliphatic carbocycles. The average Bonchev–Trinajstić information content (AvgIpc) is 3.37. The number of rotatable bonds is 7. The Bertz CT molecular complexity index is 980. The molecule has 1 fully saturated rings. The smallest absolute Gasteiger partial charge is 0.322 e. The molecule has 0 bridgehead atoms. The second-order valence-electron chi connectivity index (χ2n) is 8.60. The van der Waals surface area contributed by atoms with Crippen LogP contribution < -0.4 is 10.6 Å². The number of nitrogens with one attached hydrogen (secondary N) is 2. The van der Waals surface area contributed by atoms with Crippen LogP contribution in [0.4, 0.5) is 4.79 Å². The minimum absolute atomic E-state index is 0.0401. The van der Waals surface area contributed by atoms with Gasteiger partial charge in [0.05, 0.1) is 30.0 Å². The number of ether oxygens (including phenoxy) is 1. The normalized spacial score (nSPS) is 22.8. The average molecular weight is 439 g/mol. The van der Waals surface area contributed by atoms with Gasteiger partial charge in [0, 0.05) is 19.7 Å². The van der Waals surface area contributed by atoms with Crippen LogP contribution in [-0.4, -0.2) is 66.5 Å². The molecule has 2 atom stereocenters. The maximum absolute atomic E-state index is 13.4. The van der Waals surface area contributed by atoms with Crippen LogP contribution in [0.15, 0.2) is 42.1 Å². The number of amides is 4. The standard InChI is InChI=1S/C24H30N4O4/c1-4-9-28-19-13-27(14-20(29)25-12-17-6-5-10-32-17)23(30)21(19)22(26-24(28)31)18-8-7-15(2)11-16(18)3/h4,7-8,11,17,22H,1,5-6,9-10,12-14H2,2-3H3,(H,25,29)(H,26,31). The largest absolute Gasteiger partial charge is 0.376 e. The summed E-state index contributed by atoms with van der Waals surface area (Å²) in [6.07, 6.45) is 3.60. The van der Waals surface area contributed by atoms with Crippen LogP contribution in [0.1, 0.15) is 35.6 Å². The van der Waals surface area contributed by atoms with Gasteiger partial charge in [-0.2, -0.15) is 0 Å². The fourth-order valence-corrected chi connectivity index (χ4v) is 4.64. The summed E-state index contributed by atoms with van der Waals surface area (Å²) >= 11 is 0. The summed E-state index contributed by atoms with van der Waals surface area (Å²) in [7, 11) is 0. The molecule has 0 aromatic heterocycles. The molecule has 3 aliphatic rings. The molecule has 0 radical (unpaired) electrons. The van der Waals surface area contributed by atoms with E-state index in [-0.39, 0.29) is 43.6 Å². The van der Waals surface area contributed by atoms with Crippen molar-refractivity contribution >= 4 is 17.8 Å². The van der Waals surface area contributed by atoms with Gasteiger partial charge in [0.1, 0.15) is 6.54 Å². The Morgan fingerprint density at radius 2 is 2.16 bits per heavy atom. The molecule has 8 nitrogen and oxygen atoms in total. The Morgan fingerprint density at radius 1 is 1.34 bits per heavy atom. The van der Waals surface area contributed by atoms with Gasteiger partial charge in [-0.05, 0) is 37.8 Å². The summed E-state index contributed by atoms with van der Waals surface area (Å²) in [6.45, 7) is 9.32. The molecular weight excluding hydrogens is 408 g/mol. The quantitative estimate of drug-likeness (QED) is 0.637. The van der Waals surface area contributed by atoms with Crippen LogP contribution in [0.2, 0.25) is 0 Å². The van der Waals surface area contributed by atoms with E-state index in [1.807, 2.05) is 32.0 Å². The van der Waals surface area contributed by atoms with E-state index in [1.165, 1.54) is 9.80 Å². The van der Waals surface area contributed by atoms with Crippen molar-refractivity contribution in [1.82, 2.24) is 20.4 Å². The molecule has 4 rings (SSSR count). The van der Waals surface area contributed by atoms with Gasteiger partial charge < -0.3 is 20.3 Å². The summed E-state index contributed by atoms with van der Waals surface area (Å²) in [6, 6.07) is 5.14. The third kappa shape index (κ3) is 4.27. The van der Waals surface area contributed by atoms with Crippen molar-refractivity contribution in [2.24, 2.45) is 0 Å². The zero-order chi connectivity index (χ0) is 22.8. The van der Waals surface area contributed by atoms with Crippen LogP contribution in [0, 0.1) is 13.8 Å². The van der Waals surface area contributed by atoms with Crippen LogP contribution in [0.5, 0.6) is 0 Å². The predicted molar refractivity (Wildman–Crippen MR) is 120 cm³/mol. The van der Waals surface area contributed by atoms with Gasteiger partial charge in [0.2, 0.25) is 5.91 Å². The first kappa shape index (κ1) is 22.1. The number of benzene rings is 1. The second kappa shape index (κ2) is 9.16. The van der Waals surface area contributed by atoms with Gasteiger partial charge in [-0.25, -0.2) is 4.79 Å². The number of hydrogen-bond donors (Lipinski definition) is 2. The first-order valence-corrected chi connectivity index (χ1v) is 11.1. The van der Waals surface area contributed by atoms with Crippen molar-refractivity contribution in [1.29, 1.82) is 0 Å². The SMILES string of the molecule is C=CCN1C(=O)NC(c2ccc(C)cc2C)C2=C1CN(CC(=O)NCC1CCCO1)C2=O. The van der Waals surface area contributed by atoms with Crippen molar-refractivity contribution in [3.63, 3.8) is 0 Å². The molecule has 0 spiro atoms. The molecule has 1 aromatic carbocycles. The summed E-state index contributed by atoms with van der Waals surface area (Å²) in [5.74, 6) is -0.461. The van der Waals surface area contributed by atoms with Gasteiger partial charge >= 0.3 is 6.03 Å². The van der Waals surface area contributed by atoms with Crippen molar-refractivity contribution in [3.05, 3.63) is 58.8 Å². The topological polar surface area (TPSA) is 91.0 Å². The lowest BCUT2D eigenvalue weighted by Gasteiger charge is -2.33.